The number of halogens is 4. The second-order valence-electron chi connectivity index (χ2n) is 6.94. The largest absolute Gasteiger partial charge is 0.492 e. The van der Waals surface area contributed by atoms with E-state index in [4.69, 9.17) is 21.1 Å². The Morgan fingerprint density at radius 3 is 2.29 bits per heavy atom. The van der Waals surface area contributed by atoms with Gasteiger partial charge in [-0.3, -0.25) is 9.59 Å². The molecular weight excluding hydrogens is 473 g/mol. The molecule has 0 saturated heterocycles. The van der Waals surface area contributed by atoms with E-state index in [1.165, 1.54) is 24.3 Å². The van der Waals surface area contributed by atoms with Gasteiger partial charge in [0.15, 0.2) is 6.61 Å². The molecule has 0 bridgehead atoms. The van der Waals surface area contributed by atoms with E-state index in [0.717, 1.165) is 18.2 Å². The van der Waals surface area contributed by atoms with Gasteiger partial charge < -0.3 is 20.1 Å². The first-order valence-corrected chi connectivity index (χ1v) is 10.5. The van der Waals surface area contributed by atoms with Crippen molar-refractivity contribution in [1.82, 2.24) is 0 Å². The Kier molecular flexibility index (Phi) is 8.01. The standard InChI is InChI=1S/C24H20ClF3N2O4/c1-2-33-21-6-4-3-5-19(21)30-23(32)15-7-10-17(11-8-15)34-14-22(31)29-20-13-16(24(26,27)28)9-12-18(20)25/h3-13H,2,14H2,1H3,(H,29,31)(H,30,32). The summed E-state index contributed by atoms with van der Waals surface area (Å²) in [5.41, 5.74) is -0.242. The lowest BCUT2D eigenvalue weighted by Gasteiger charge is -2.13. The summed E-state index contributed by atoms with van der Waals surface area (Å²) < 4.78 is 49.4. The molecule has 0 aliphatic heterocycles. The molecule has 0 aliphatic rings. The molecule has 0 heterocycles. The summed E-state index contributed by atoms with van der Waals surface area (Å²) in [6, 6.07) is 15.7. The molecule has 2 N–H and O–H groups in total. The molecule has 3 aromatic carbocycles. The zero-order valence-electron chi connectivity index (χ0n) is 17.9. The maximum atomic E-state index is 12.9. The second kappa shape index (κ2) is 10.9. The zero-order chi connectivity index (χ0) is 24.7. The van der Waals surface area contributed by atoms with Crippen molar-refractivity contribution < 1.29 is 32.2 Å². The van der Waals surface area contributed by atoms with Gasteiger partial charge in [0.05, 0.1) is 28.6 Å². The quantitative estimate of drug-likeness (QED) is 0.402. The molecule has 6 nitrogen and oxygen atoms in total. The minimum atomic E-state index is -4.57. The monoisotopic (exact) mass is 492 g/mol. The summed E-state index contributed by atoms with van der Waals surface area (Å²) in [7, 11) is 0. The minimum Gasteiger partial charge on any atom is -0.492 e. The number of rotatable bonds is 8. The van der Waals surface area contributed by atoms with Crippen LogP contribution in [-0.4, -0.2) is 25.0 Å². The number of carbonyl (C=O) groups is 2. The normalized spacial score (nSPS) is 11.0. The fourth-order valence-electron chi connectivity index (χ4n) is 2.88. The van der Waals surface area contributed by atoms with Crippen molar-refractivity contribution in [2.75, 3.05) is 23.8 Å². The van der Waals surface area contributed by atoms with Crippen molar-refractivity contribution in [2.24, 2.45) is 0 Å². The van der Waals surface area contributed by atoms with Crippen molar-refractivity contribution >= 4 is 34.8 Å². The topological polar surface area (TPSA) is 76.7 Å². The fourth-order valence-corrected chi connectivity index (χ4v) is 3.05. The maximum absolute atomic E-state index is 12.9. The number of benzene rings is 3. The van der Waals surface area contributed by atoms with E-state index in [2.05, 4.69) is 10.6 Å². The van der Waals surface area contributed by atoms with Crippen LogP contribution < -0.4 is 20.1 Å². The number of nitrogens with one attached hydrogen (secondary N) is 2. The SMILES string of the molecule is CCOc1ccccc1NC(=O)c1ccc(OCC(=O)Nc2cc(C(F)(F)F)ccc2Cl)cc1. The van der Waals surface area contributed by atoms with E-state index in [1.54, 1.807) is 24.3 Å². The molecule has 178 valence electrons. The first-order valence-electron chi connectivity index (χ1n) is 10.1. The van der Waals surface area contributed by atoms with Crippen molar-refractivity contribution in [3.05, 3.63) is 82.9 Å². The Morgan fingerprint density at radius 1 is 0.912 bits per heavy atom. The lowest BCUT2D eigenvalue weighted by molar-refractivity contribution is -0.137. The number of para-hydroxylation sites is 2. The molecule has 10 heteroatoms. The molecular formula is C24H20ClF3N2O4. The first kappa shape index (κ1) is 24.9. The van der Waals surface area contributed by atoms with E-state index in [9.17, 15) is 22.8 Å². The fraction of sp³-hybridized carbons (Fsp3) is 0.167. The lowest BCUT2D eigenvalue weighted by atomic mass is 10.2. The van der Waals surface area contributed by atoms with Crippen LogP contribution in [-0.2, 0) is 11.0 Å². The summed E-state index contributed by atoms with van der Waals surface area (Å²) in [5.74, 6) is -0.229. The molecule has 0 atom stereocenters. The van der Waals surface area contributed by atoms with Gasteiger partial charge >= 0.3 is 6.18 Å². The van der Waals surface area contributed by atoms with Gasteiger partial charge in [0, 0.05) is 5.56 Å². The maximum Gasteiger partial charge on any atom is 0.416 e. The van der Waals surface area contributed by atoms with Crippen LogP contribution in [0.5, 0.6) is 11.5 Å². The van der Waals surface area contributed by atoms with Crippen LogP contribution in [0.15, 0.2) is 66.7 Å². The third-order valence-electron chi connectivity index (χ3n) is 4.49. The molecule has 0 fully saturated rings. The molecule has 0 unspecified atom stereocenters. The molecule has 2 amide bonds. The molecule has 3 rings (SSSR count). The zero-order valence-corrected chi connectivity index (χ0v) is 18.7. The van der Waals surface area contributed by atoms with E-state index in [0.29, 0.717) is 23.6 Å². The van der Waals surface area contributed by atoms with E-state index in [-0.39, 0.29) is 22.4 Å². The smallest absolute Gasteiger partial charge is 0.416 e. The lowest BCUT2D eigenvalue weighted by Crippen LogP contribution is -2.21. The predicted molar refractivity (Wildman–Crippen MR) is 123 cm³/mol. The summed E-state index contributed by atoms with van der Waals surface area (Å²) >= 11 is 5.87. The number of amides is 2. The van der Waals surface area contributed by atoms with Gasteiger partial charge in [-0.25, -0.2) is 0 Å². The van der Waals surface area contributed by atoms with Gasteiger partial charge in [-0.2, -0.15) is 13.2 Å². The van der Waals surface area contributed by atoms with Crippen LogP contribution in [0.2, 0.25) is 5.02 Å². The molecule has 0 saturated carbocycles. The summed E-state index contributed by atoms with van der Waals surface area (Å²) in [5, 5.41) is 5.02. The van der Waals surface area contributed by atoms with Crippen molar-refractivity contribution in [3.8, 4) is 11.5 Å². The second-order valence-corrected chi connectivity index (χ2v) is 7.34. The highest BCUT2D eigenvalue weighted by molar-refractivity contribution is 6.33. The third-order valence-corrected chi connectivity index (χ3v) is 4.82. The molecule has 34 heavy (non-hydrogen) atoms. The van der Waals surface area contributed by atoms with Crippen LogP contribution in [0.1, 0.15) is 22.8 Å². The number of ether oxygens (including phenoxy) is 2. The van der Waals surface area contributed by atoms with Crippen LogP contribution in [0, 0.1) is 0 Å². The Hall–Kier alpha value is -3.72. The number of carbonyl (C=O) groups excluding carboxylic acids is 2. The Morgan fingerprint density at radius 2 is 1.62 bits per heavy atom. The number of anilines is 2. The minimum absolute atomic E-state index is 0.0392. The van der Waals surface area contributed by atoms with Gasteiger partial charge in [-0.1, -0.05) is 23.7 Å². The Bertz CT molecular complexity index is 1170. The Labute approximate surface area is 198 Å². The van der Waals surface area contributed by atoms with Crippen LogP contribution >= 0.6 is 11.6 Å². The number of alkyl halides is 3. The van der Waals surface area contributed by atoms with Crippen LogP contribution in [0.4, 0.5) is 24.5 Å². The molecule has 0 radical (unpaired) electrons. The van der Waals surface area contributed by atoms with Gasteiger partial charge in [0.2, 0.25) is 0 Å². The highest BCUT2D eigenvalue weighted by Crippen LogP contribution is 2.33. The highest BCUT2D eigenvalue weighted by Gasteiger charge is 2.31. The van der Waals surface area contributed by atoms with Crippen LogP contribution in [0.25, 0.3) is 0 Å². The van der Waals surface area contributed by atoms with Gasteiger partial charge in [-0.05, 0) is 61.5 Å². The van der Waals surface area contributed by atoms with Gasteiger partial charge in [-0.15, -0.1) is 0 Å². The summed E-state index contributed by atoms with van der Waals surface area (Å²) in [6.07, 6.45) is -4.57. The molecule has 3 aromatic rings. The van der Waals surface area contributed by atoms with Gasteiger partial charge in [0.1, 0.15) is 11.5 Å². The third kappa shape index (κ3) is 6.64. The highest BCUT2D eigenvalue weighted by atomic mass is 35.5. The average Bonchev–Trinajstić information content (AvgIpc) is 2.80. The number of hydrogen-bond donors (Lipinski definition) is 2. The van der Waals surface area contributed by atoms with Crippen molar-refractivity contribution in [2.45, 2.75) is 13.1 Å². The van der Waals surface area contributed by atoms with E-state index >= 15 is 0 Å². The van der Waals surface area contributed by atoms with E-state index < -0.39 is 24.3 Å². The van der Waals surface area contributed by atoms with Crippen molar-refractivity contribution in [1.29, 1.82) is 0 Å². The average molecular weight is 493 g/mol. The van der Waals surface area contributed by atoms with Crippen molar-refractivity contribution in [3.63, 3.8) is 0 Å². The summed E-state index contributed by atoms with van der Waals surface area (Å²) in [6.45, 7) is 1.82. The number of hydrogen-bond acceptors (Lipinski definition) is 4. The Balaban J connectivity index is 1.57. The van der Waals surface area contributed by atoms with Crippen LogP contribution in [0.3, 0.4) is 0 Å². The first-order chi connectivity index (χ1) is 16.2. The van der Waals surface area contributed by atoms with Gasteiger partial charge in [0.25, 0.3) is 11.8 Å². The predicted octanol–water partition coefficient (Wildman–Crippen LogP) is 6.03. The molecule has 0 aromatic heterocycles. The molecule has 0 spiro atoms. The van der Waals surface area contributed by atoms with E-state index in [1.807, 2.05) is 6.92 Å². The summed E-state index contributed by atoms with van der Waals surface area (Å²) in [4.78, 5) is 24.6. The molecule has 0 aliphatic carbocycles.